The summed E-state index contributed by atoms with van der Waals surface area (Å²) in [6.07, 6.45) is 1.34. The number of carboxylic acid groups (broad SMARTS) is 1. The van der Waals surface area contributed by atoms with Crippen LogP contribution < -0.4 is 0 Å². The molecule has 0 amide bonds. The lowest BCUT2D eigenvalue weighted by Gasteiger charge is -2.02. The van der Waals surface area contributed by atoms with E-state index in [1.165, 1.54) is 28.8 Å². The summed E-state index contributed by atoms with van der Waals surface area (Å²) >= 11 is 0. The highest BCUT2D eigenvalue weighted by molar-refractivity contribution is 5.87. The van der Waals surface area contributed by atoms with Crippen LogP contribution in [0.4, 0.5) is 5.69 Å². The molecule has 1 aromatic carbocycles. The fourth-order valence-corrected chi connectivity index (χ4v) is 2.02. The second-order valence-electron chi connectivity index (χ2n) is 4.25. The summed E-state index contributed by atoms with van der Waals surface area (Å²) in [4.78, 5) is 21.6. The molecule has 0 bridgehead atoms. The lowest BCUT2D eigenvalue weighted by atomic mass is 10.1. The predicted octanol–water partition coefficient (Wildman–Crippen LogP) is 2.00. The van der Waals surface area contributed by atoms with Gasteiger partial charge in [-0.05, 0) is 18.2 Å². The number of rotatable bonds is 3. The van der Waals surface area contributed by atoms with Crippen LogP contribution in [0.3, 0.4) is 0 Å². The first-order valence-corrected chi connectivity index (χ1v) is 5.90. The molecule has 2 aromatic heterocycles. The Morgan fingerprint density at radius 1 is 1.19 bits per heavy atom. The van der Waals surface area contributed by atoms with Crippen molar-refractivity contribution >= 4 is 17.3 Å². The molecule has 0 radical (unpaired) electrons. The molecule has 8 heteroatoms. The van der Waals surface area contributed by atoms with Crippen LogP contribution in [0, 0.1) is 10.1 Å². The number of hydrogen-bond acceptors (Lipinski definition) is 5. The standard InChI is InChI=1S/C13H8N4O4/c18-13(19)8-5-6-11-14-15-12(16(11)7-8)9-3-1-2-4-10(9)17(20)21/h1-7H,(H,18,19). The molecule has 0 aliphatic rings. The Bertz CT molecular complexity index is 871. The third kappa shape index (κ3) is 2.08. The highest BCUT2D eigenvalue weighted by Gasteiger charge is 2.19. The van der Waals surface area contributed by atoms with Gasteiger partial charge in [0.05, 0.1) is 16.1 Å². The number of benzene rings is 1. The fraction of sp³-hybridized carbons (Fsp3) is 0. The Morgan fingerprint density at radius 2 is 1.95 bits per heavy atom. The molecule has 0 aliphatic carbocycles. The molecule has 3 aromatic rings. The van der Waals surface area contributed by atoms with Crippen molar-refractivity contribution in [2.24, 2.45) is 0 Å². The number of nitro groups is 1. The van der Waals surface area contributed by atoms with Crippen molar-refractivity contribution < 1.29 is 14.8 Å². The molecule has 0 aliphatic heterocycles. The van der Waals surface area contributed by atoms with Crippen LogP contribution >= 0.6 is 0 Å². The van der Waals surface area contributed by atoms with Crippen LogP contribution in [-0.2, 0) is 0 Å². The van der Waals surface area contributed by atoms with E-state index in [9.17, 15) is 14.9 Å². The van der Waals surface area contributed by atoms with Crippen molar-refractivity contribution in [1.29, 1.82) is 0 Å². The minimum absolute atomic E-state index is 0.0436. The van der Waals surface area contributed by atoms with E-state index < -0.39 is 10.9 Å². The fourth-order valence-electron chi connectivity index (χ4n) is 2.02. The second kappa shape index (κ2) is 4.67. The summed E-state index contributed by atoms with van der Waals surface area (Å²) in [7, 11) is 0. The molecular weight excluding hydrogens is 276 g/mol. The Labute approximate surface area is 117 Å². The van der Waals surface area contributed by atoms with Gasteiger partial charge in [-0.3, -0.25) is 14.5 Å². The van der Waals surface area contributed by atoms with Gasteiger partial charge in [0.25, 0.3) is 5.69 Å². The van der Waals surface area contributed by atoms with E-state index in [4.69, 9.17) is 5.11 Å². The molecule has 1 N–H and O–H groups in total. The molecule has 104 valence electrons. The van der Waals surface area contributed by atoms with Crippen LogP contribution in [0.15, 0.2) is 42.6 Å². The zero-order valence-electron chi connectivity index (χ0n) is 10.5. The zero-order chi connectivity index (χ0) is 15.0. The largest absolute Gasteiger partial charge is 0.478 e. The van der Waals surface area contributed by atoms with Gasteiger partial charge in [0, 0.05) is 12.3 Å². The first-order valence-electron chi connectivity index (χ1n) is 5.90. The summed E-state index contributed by atoms with van der Waals surface area (Å²) in [5.74, 6) is -0.875. The van der Waals surface area contributed by atoms with Crippen LogP contribution in [0.5, 0.6) is 0 Å². The second-order valence-corrected chi connectivity index (χ2v) is 4.25. The van der Waals surface area contributed by atoms with Crippen LogP contribution in [-0.4, -0.2) is 30.6 Å². The van der Waals surface area contributed by atoms with Crippen LogP contribution in [0.1, 0.15) is 10.4 Å². The Hall–Kier alpha value is -3.29. The molecule has 0 fully saturated rings. The van der Waals surface area contributed by atoms with Gasteiger partial charge in [0.1, 0.15) is 0 Å². The van der Waals surface area contributed by atoms with Gasteiger partial charge in [-0.15, -0.1) is 10.2 Å². The lowest BCUT2D eigenvalue weighted by Crippen LogP contribution is -2.00. The van der Waals surface area contributed by atoms with E-state index >= 15 is 0 Å². The Kier molecular flexibility index (Phi) is 2.83. The van der Waals surface area contributed by atoms with Gasteiger partial charge in [0.15, 0.2) is 11.5 Å². The van der Waals surface area contributed by atoms with E-state index in [-0.39, 0.29) is 22.6 Å². The maximum absolute atomic E-state index is 11.1. The Morgan fingerprint density at radius 3 is 2.67 bits per heavy atom. The first-order chi connectivity index (χ1) is 10.1. The quantitative estimate of drug-likeness (QED) is 0.581. The number of nitro benzene ring substituents is 1. The van der Waals surface area contributed by atoms with Gasteiger partial charge in [0.2, 0.25) is 0 Å². The SMILES string of the molecule is O=C(O)c1ccc2nnc(-c3ccccc3[N+](=O)[O-])n2c1. The summed E-state index contributed by atoms with van der Waals surface area (Å²) in [6.45, 7) is 0. The number of carboxylic acids is 1. The number of aromatic nitrogens is 3. The number of pyridine rings is 1. The van der Waals surface area contributed by atoms with Gasteiger partial charge in [-0.2, -0.15) is 0 Å². The van der Waals surface area contributed by atoms with Crippen molar-refractivity contribution in [2.45, 2.75) is 0 Å². The summed E-state index contributed by atoms with van der Waals surface area (Å²) in [5.41, 5.74) is 0.611. The molecule has 8 nitrogen and oxygen atoms in total. The van der Waals surface area contributed by atoms with Crippen LogP contribution in [0.25, 0.3) is 17.0 Å². The maximum atomic E-state index is 11.1. The van der Waals surface area contributed by atoms with Crippen LogP contribution in [0.2, 0.25) is 0 Å². The average molecular weight is 284 g/mol. The monoisotopic (exact) mass is 284 g/mol. The van der Waals surface area contributed by atoms with Crippen molar-refractivity contribution in [3.05, 3.63) is 58.3 Å². The summed E-state index contributed by atoms with van der Waals surface area (Å²) < 4.78 is 1.42. The molecule has 2 heterocycles. The molecule has 0 atom stereocenters. The van der Waals surface area contributed by atoms with Gasteiger partial charge in [-0.1, -0.05) is 12.1 Å². The smallest absolute Gasteiger partial charge is 0.337 e. The predicted molar refractivity (Wildman–Crippen MR) is 72.0 cm³/mol. The third-order valence-corrected chi connectivity index (χ3v) is 2.99. The van der Waals surface area contributed by atoms with E-state index in [2.05, 4.69) is 10.2 Å². The van der Waals surface area contributed by atoms with Crippen molar-refractivity contribution in [3.63, 3.8) is 0 Å². The molecule has 21 heavy (non-hydrogen) atoms. The zero-order valence-corrected chi connectivity index (χ0v) is 10.5. The first kappa shape index (κ1) is 12.7. The van der Waals surface area contributed by atoms with Gasteiger partial charge in [-0.25, -0.2) is 4.79 Å². The number of nitrogens with zero attached hydrogens (tertiary/aromatic N) is 4. The molecule has 0 unspecified atom stereocenters. The minimum atomic E-state index is -1.10. The number of carbonyl (C=O) groups is 1. The number of para-hydroxylation sites is 1. The molecule has 3 rings (SSSR count). The summed E-state index contributed by atoms with van der Waals surface area (Å²) in [6, 6.07) is 8.99. The molecule has 0 spiro atoms. The van der Waals surface area contributed by atoms with Crippen molar-refractivity contribution in [1.82, 2.24) is 14.6 Å². The van der Waals surface area contributed by atoms with Crippen molar-refractivity contribution in [2.75, 3.05) is 0 Å². The highest BCUT2D eigenvalue weighted by Crippen LogP contribution is 2.28. The van der Waals surface area contributed by atoms with Crippen molar-refractivity contribution in [3.8, 4) is 11.4 Å². The lowest BCUT2D eigenvalue weighted by molar-refractivity contribution is -0.384. The van der Waals surface area contributed by atoms with E-state index in [0.29, 0.717) is 5.65 Å². The normalized spacial score (nSPS) is 10.7. The van der Waals surface area contributed by atoms with E-state index in [1.54, 1.807) is 18.2 Å². The number of fused-ring (bicyclic) bond motifs is 1. The number of aromatic carboxylic acids is 1. The average Bonchev–Trinajstić information content (AvgIpc) is 2.89. The number of hydrogen-bond donors (Lipinski definition) is 1. The molecule has 0 saturated heterocycles. The van der Waals surface area contributed by atoms with E-state index in [1.807, 2.05) is 0 Å². The topological polar surface area (TPSA) is 111 Å². The maximum Gasteiger partial charge on any atom is 0.337 e. The van der Waals surface area contributed by atoms with Gasteiger partial charge < -0.3 is 5.11 Å². The van der Waals surface area contributed by atoms with Gasteiger partial charge >= 0.3 is 5.97 Å². The molecule has 0 saturated carbocycles. The minimum Gasteiger partial charge on any atom is -0.478 e. The molecular formula is C13H8N4O4. The third-order valence-electron chi connectivity index (χ3n) is 2.99. The van der Waals surface area contributed by atoms with E-state index in [0.717, 1.165) is 0 Å². The summed E-state index contributed by atoms with van der Waals surface area (Å²) in [5, 5.41) is 27.9. The highest BCUT2D eigenvalue weighted by atomic mass is 16.6. The Balaban J connectivity index is 2.28.